The van der Waals surface area contributed by atoms with Gasteiger partial charge in [-0.05, 0) is 24.3 Å². The van der Waals surface area contributed by atoms with Gasteiger partial charge in [0.2, 0.25) is 17.8 Å². The number of para-hydroxylation sites is 2. The van der Waals surface area contributed by atoms with E-state index in [1.54, 1.807) is 12.1 Å². The van der Waals surface area contributed by atoms with Crippen molar-refractivity contribution in [3.8, 4) is 0 Å². The van der Waals surface area contributed by atoms with Gasteiger partial charge in [0.05, 0.1) is 13.2 Å². The third-order valence-corrected chi connectivity index (χ3v) is 4.27. The number of hydrogen-bond acceptors (Lipinski definition) is 8. The first kappa shape index (κ1) is 19.4. The number of carbonyl (C=O) groups is 1. The number of rotatable bonds is 6. The molecule has 0 unspecified atom stereocenters. The monoisotopic (exact) mass is 406 g/mol. The summed E-state index contributed by atoms with van der Waals surface area (Å²) in [4.78, 5) is 27.5. The maximum absolute atomic E-state index is 12.1. The van der Waals surface area contributed by atoms with Gasteiger partial charge < -0.3 is 20.3 Å². The van der Waals surface area contributed by atoms with Crippen molar-refractivity contribution >= 4 is 35.3 Å². The van der Waals surface area contributed by atoms with Crippen LogP contribution in [0.4, 0.5) is 34.0 Å². The molecule has 1 saturated heterocycles. The van der Waals surface area contributed by atoms with E-state index in [9.17, 15) is 4.79 Å². The molecule has 154 valence electrons. The molecule has 10 nitrogen and oxygen atoms in total. The largest absolute Gasteiger partial charge is 0.378 e. The Morgan fingerprint density at radius 1 is 0.833 bits per heavy atom. The average Bonchev–Trinajstić information content (AvgIpc) is 2.79. The number of nitrogens with zero attached hydrogens (tertiary/aromatic N) is 4. The molecule has 2 amide bonds. The van der Waals surface area contributed by atoms with E-state index in [-0.39, 0.29) is 5.95 Å². The summed E-state index contributed by atoms with van der Waals surface area (Å²) in [5.74, 6) is 1.08. The van der Waals surface area contributed by atoms with Gasteiger partial charge in [0.15, 0.2) is 0 Å². The molecule has 2 heterocycles. The van der Waals surface area contributed by atoms with Crippen molar-refractivity contribution in [2.75, 3.05) is 47.3 Å². The minimum atomic E-state index is -0.438. The molecule has 0 bridgehead atoms. The Balaban J connectivity index is 1.48. The van der Waals surface area contributed by atoms with Crippen LogP contribution in [0.15, 0.2) is 60.7 Å². The van der Waals surface area contributed by atoms with Crippen LogP contribution >= 0.6 is 0 Å². The molecule has 1 aliphatic rings. The number of hydrazine groups is 1. The Bertz CT molecular complexity index is 965. The Hall–Kier alpha value is -3.92. The minimum Gasteiger partial charge on any atom is -0.378 e. The first-order valence-electron chi connectivity index (χ1n) is 9.55. The Morgan fingerprint density at radius 3 is 2.17 bits per heavy atom. The van der Waals surface area contributed by atoms with E-state index in [0.717, 1.165) is 5.69 Å². The molecule has 10 heteroatoms. The molecule has 4 N–H and O–H groups in total. The molecular weight excluding hydrogens is 384 g/mol. The number of amides is 2. The molecule has 2 aromatic carbocycles. The highest BCUT2D eigenvalue weighted by Crippen LogP contribution is 2.18. The number of morpholine rings is 1. The summed E-state index contributed by atoms with van der Waals surface area (Å²) in [7, 11) is 0. The van der Waals surface area contributed by atoms with E-state index >= 15 is 0 Å². The molecule has 1 fully saturated rings. The molecule has 0 radical (unpaired) electrons. The average molecular weight is 406 g/mol. The quantitative estimate of drug-likeness (QED) is 0.462. The van der Waals surface area contributed by atoms with E-state index < -0.39 is 6.03 Å². The van der Waals surface area contributed by atoms with Gasteiger partial charge >= 0.3 is 6.03 Å². The van der Waals surface area contributed by atoms with Gasteiger partial charge in [0.25, 0.3) is 0 Å². The summed E-state index contributed by atoms with van der Waals surface area (Å²) >= 11 is 0. The lowest BCUT2D eigenvalue weighted by Gasteiger charge is -2.27. The maximum Gasteiger partial charge on any atom is 0.337 e. The summed E-state index contributed by atoms with van der Waals surface area (Å²) in [6.07, 6.45) is 0. The highest BCUT2D eigenvalue weighted by Gasteiger charge is 2.17. The molecule has 30 heavy (non-hydrogen) atoms. The van der Waals surface area contributed by atoms with E-state index in [2.05, 4.69) is 36.4 Å². The summed E-state index contributed by atoms with van der Waals surface area (Å²) in [6, 6.07) is 18.3. The standard InChI is InChI=1S/C20H22N8O2/c29-20(22-16-9-5-2-6-10-16)27-26-18-23-17(21-15-7-3-1-4-8-15)24-19(25-18)28-11-13-30-14-12-28/h1-10H,11-14H2,(H2,22,27,29)(H2,21,23,24,25,26). The van der Waals surface area contributed by atoms with Crippen LogP contribution in [0.3, 0.4) is 0 Å². The number of carbonyl (C=O) groups excluding carboxylic acids is 1. The zero-order chi connectivity index (χ0) is 20.6. The molecule has 0 saturated carbocycles. The van der Waals surface area contributed by atoms with Crippen LogP contribution in [-0.2, 0) is 4.74 Å². The number of ether oxygens (including phenoxy) is 1. The molecule has 0 aliphatic carbocycles. The summed E-state index contributed by atoms with van der Waals surface area (Å²) in [5.41, 5.74) is 6.81. The van der Waals surface area contributed by atoms with Gasteiger partial charge in [-0.1, -0.05) is 36.4 Å². The number of benzene rings is 2. The van der Waals surface area contributed by atoms with Crippen molar-refractivity contribution < 1.29 is 9.53 Å². The van der Waals surface area contributed by atoms with Crippen molar-refractivity contribution in [1.82, 2.24) is 20.4 Å². The van der Waals surface area contributed by atoms with Gasteiger partial charge in [-0.2, -0.15) is 15.0 Å². The summed E-state index contributed by atoms with van der Waals surface area (Å²) in [5, 5.41) is 5.88. The predicted molar refractivity (Wildman–Crippen MR) is 115 cm³/mol. The number of hydrogen-bond donors (Lipinski definition) is 4. The fraction of sp³-hybridized carbons (Fsp3) is 0.200. The van der Waals surface area contributed by atoms with Gasteiger partial charge in [0.1, 0.15) is 0 Å². The van der Waals surface area contributed by atoms with Crippen molar-refractivity contribution in [2.24, 2.45) is 0 Å². The predicted octanol–water partition coefficient (Wildman–Crippen LogP) is 2.60. The van der Waals surface area contributed by atoms with Crippen LogP contribution in [0.5, 0.6) is 0 Å². The molecule has 4 rings (SSSR count). The van der Waals surface area contributed by atoms with Gasteiger partial charge in [-0.3, -0.25) is 5.43 Å². The SMILES string of the molecule is O=C(NNc1nc(Nc2ccccc2)nc(N2CCOCC2)n1)Nc1ccccc1. The molecular formula is C20H22N8O2. The van der Waals surface area contributed by atoms with Crippen LogP contribution in [0, 0.1) is 0 Å². The lowest BCUT2D eigenvalue weighted by Crippen LogP contribution is -2.38. The van der Waals surface area contributed by atoms with E-state index in [0.29, 0.717) is 43.9 Å². The van der Waals surface area contributed by atoms with Crippen molar-refractivity contribution in [3.63, 3.8) is 0 Å². The maximum atomic E-state index is 12.1. The van der Waals surface area contributed by atoms with E-state index in [1.807, 2.05) is 53.4 Å². The van der Waals surface area contributed by atoms with Crippen LogP contribution in [-0.4, -0.2) is 47.3 Å². The van der Waals surface area contributed by atoms with E-state index in [4.69, 9.17) is 4.74 Å². The minimum absolute atomic E-state index is 0.216. The fourth-order valence-electron chi connectivity index (χ4n) is 2.83. The smallest absolute Gasteiger partial charge is 0.337 e. The Kier molecular flexibility index (Phi) is 6.16. The highest BCUT2D eigenvalue weighted by atomic mass is 16.5. The van der Waals surface area contributed by atoms with Crippen LogP contribution < -0.4 is 26.4 Å². The second kappa shape index (κ2) is 9.52. The Morgan fingerprint density at radius 2 is 1.47 bits per heavy atom. The van der Waals surface area contributed by atoms with Crippen LogP contribution in [0.25, 0.3) is 0 Å². The number of urea groups is 1. The zero-order valence-corrected chi connectivity index (χ0v) is 16.2. The van der Waals surface area contributed by atoms with Crippen LogP contribution in [0.2, 0.25) is 0 Å². The van der Waals surface area contributed by atoms with Gasteiger partial charge in [-0.25, -0.2) is 10.2 Å². The summed E-state index contributed by atoms with van der Waals surface area (Å²) in [6.45, 7) is 2.56. The lowest BCUT2D eigenvalue weighted by molar-refractivity contribution is 0.122. The number of anilines is 5. The lowest BCUT2D eigenvalue weighted by atomic mass is 10.3. The normalized spacial score (nSPS) is 13.4. The van der Waals surface area contributed by atoms with Crippen molar-refractivity contribution in [2.45, 2.75) is 0 Å². The second-order valence-corrected chi connectivity index (χ2v) is 6.44. The first-order chi connectivity index (χ1) is 14.8. The highest BCUT2D eigenvalue weighted by molar-refractivity contribution is 5.89. The Labute approximate surface area is 173 Å². The second-order valence-electron chi connectivity index (χ2n) is 6.44. The van der Waals surface area contributed by atoms with Crippen molar-refractivity contribution in [1.29, 1.82) is 0 Å². The summed E-state index contributed by atoms with van der Waals surface area (Å²) < 4.78 is 5.40. The first-order valence-corrected chi connectivity index (χ1v) is 9.55. The number of nitrogens with one attached hydrogen (secondary N) is 4. The third-order valence-electron chi connectivity index (χ3n) is 4.27. The molecule has 0 spiro atoms. The molecule has 1 aromatic heterocycles. The molecule has 0 atom stereocenters. The zero-order valence-electron chi connectivity index (χ0n) is 16.2. The van der Waals surface area contributed by atoms with Crippen molar-refractivity contribution in [3.05, 3.63) is 60.7 Å². The fourth-order valence-corrected chi connectivity index (χ4v) is 2.83. The van der Waals surface area contributed by atoms with Gasteiger partial charge in [-0.15, -0.1) is 0 Å². The topological polar surface area (TPSA) is 116 Å². The molecule has 1 aliphatic heterocycles. The number of aromatic nitrogens is 3. The molecule has 3 aromatic rings. The third kappa shape index (κ3) is 5.32. The van der Waals surface area contributed by atoms with Gasteiger partial charge in [0, 0.05) is 24.5 Å². The van der Waals surface area contributed by atoms with Crippen LogP contribution in [0.1, 0.15) is 0 Å². The van der Waals surface area contributed by atoms with E-state index in [1.165, 1.54) is 0 Å².